The highest BCUT2D eigenvalue weighted by Crippen LogP contribution is 2.32. The second kappa shape index (κ2) is 7.87. The maximum absolute atomic E-state index is 11.6. The highest BCUT2D eigenvalue weighted by molar-refractivity contribution is 6.15. The molecule has 0 spiro atoms. The number of likely N-dealkylation sites (tertiary alicyclic amines) is 1. The minimum atomic E-state index is -0.383. The van der Waals surface area contributed by atoms with Gasteiger partial charge in [-0.15, -0.1) is 0 Å². The number of rotatable bonds is 6. The summed E-state index contributed by atoms with van der Waals surface area (Å²) in [4.78, 5) is 14.2. The molecule has 5 heteroatoms. The zero-order valence-electron chi connectivity index (χ0n) is 15.8. The Hall–Kier alpha value is -2.40. The molecule has 0 saturated carbocycles. The molecule has 1 aliphatic heterocycles. The molecular formula is C21H27N3O2. The summed E-state index contributed by atoms with van der Waals surface area (Å²) in [6.45, 7) is 10.1. The Kier molecular flexibility index (Phi) is 5.57. The molecule has 1 aromatic heterocycles. The van der Waals surface area contributed by atoms with Crippen LogP contribution >= 0.6 is 0 Å². The van der Waals surface area contributed by atoms with Crippen molar-refractivity contribution in [3.05, 3.63) is 58.9 Å². The molecule has 1 saturated heterocycles. The van der Waals surface area contributed by atoms with Crippen molar-refractivity contribution in [2.24, 2.45) is 0 Å². The summed E-state index contributed by atoms with van der Waals surface area (Å²) in [5.41, 5.74) is 6.11. The fourth-order valence-electron chi connectivity index (χ4n) is 3.82. The van der Waals surface area contributed by atoms with Gasteiger partial charge in [-0.3, -0.25) is 10.00 Å². The fraction of sp³-hybridized carbons (Fsp3) is 0.429. The van der Waals surface area contributed by atoms with Crippen LogP contribution in [0.3, 0.4) is 0 Å². The van der Waals surface area contributed by atoms with Crippen molar-refractivity contribution >= 4 is 11.5 Å². The zero-order valence-corrected chi connectivity index (χ0v) is 15.8. The average Bonchev–Trinajstić information content (AvgIpc) is 3.25. The molecule has 0 radical (unpaired) electrons. The van der Waals surface area contributed by atoms with Crippen LogP contribution in [0.15, 0.2) is 30.8 Å². The Morgan fingerprint density at radius 2 is 2.08 bits per heavy atom. The zero-order chi connectivity index (χ0) is 18.7. The summed E-state index contributed by atoms with van der Waals surface area (Å²) < 4.78 is 4.75. The first-order valence-corrected chi connectivity index (χ1v) is 9.13. The lowest BCUT2D eigenvalue weighted by molar-refractivity contribution is -0.133. The first-order valence-electron chi connectivity index (χ1n) is 9.13. The van der Waals surface area contributed by atoms with E-state index in [4.69, 9.17) is 4.74 Å². The first-order chi connectivity index (χ1) is 12.5. The van der Waals surface area contributed by atoms with Gasteiger partial charge in [-0.2, -0.15) is 5.10 Å². The summed E-state index contributed by atoms with van der Waals surface area (Å²) >= 11 is 0. The number of hydrogen-bond donors (Lipinski definition) is 1. The maximum Gasteiger partial charge on any atom is 0.337 e. The molecule has 0 unspecified atom stereocenters. The molecule has 2 aromatic rings. The average molecular weight is 353 g/mol. The van der Waals surface area contributed by atoms with E-state index in [2.05, 4.69) is 47.7 Å². The van der Waals surface area contributed by atoms with Gasteiger partial charge in [0.05, 0.1) is 18.4 Å². The minimum absolute atomic E-state index is 0.383. The molecule has 1 fully saturated rings. The number of aromatic nitrogens is 2. The predicted molar refractivity (Wildman–Crippen MR) is 103 cm³/mol. The van der Waals surface area contributed by atoms with Crippen molar-refractivity contribution in [3.63, 3.8) is 0 Å². The number of hydrogen-bond acceptors (Lipinski definition) is 4. The van der Waals surface area contributed by atoms with Gasteiger partial charge in [-0.1, -0.05) is 30.8 Å². The second-order valence-corrected chi connectivity index (χ2v) is 6.95. The van der Waals surface area contributed by atoms with E-state index in [9.17, 15) is 4.79 Å². The van der Waals surface area contributed by atoms with Crippen LogP contribution in [0.25, 0.3) is 5.57 Å². The van der Waals surface area contributed by atoms with Crippen LogP contribution in [-0.2, 0) is 16.0 Å². The standard InChI is InChI=1S/C21H27N3O2/c1-14(21(25)26-4)17-7-9-18(10-8-17)20-6-5-12-24(20)13-11-19-15(2)22-23-16(19)3/h7-10,20H,1,5-6,11-13H2,2-4H3,(H,22,23)/t20-/m0/s1. The molecule has 1 N–H and O–H groups in total. The van der Waals surface area contributed by atoms with Gasteiger partial charge in [0.2, 0.25) is 0 Å². The topological polar surface area (TPSA) is 58.2 Å². The third kappa shape index (κ3) is 3.73. The summed E-state index contributed by atoms with van der Waals surface area (Å²) in [6, 6.07) is 8.59. The minimum Gasteiger partial charge on any atom is -0.465 e. The highest BCUT2D eigenvalue weighted by atomic mass is 16.5. The number of aromatic amines is 1. The number of esters is 1. The smallest absolute Gasteiger partial charge is 0.337 e. The molecule has 26 heavy (non-hydrogen) atoms. The van der Waals surface area contributed by atoms with E-state index >= 15 is 0 Å². The number of methoxy groups -OCH3 is 1. The molecule has 1 aromatic carbocycles. The number of carbonyl (C=O) groups is 1. The van der Waals surface area contributed by atoms with Crippen LogP contribution in [-0.4, -0.2) is 41.3 Å². The van der Waals surface area contributed by atoms with Crippen LogP contribution < -0.4 is 0 Å². The van der Waals surface area contributed by atoms with Crippen molar-refractivity contribution in [2.45, 2.75) is 39.2 Å². The Balaban J connectivity index is 1.68. The summed E-state index contributed by atoms with van der Waals surface area (Å²) in [5, 5.41) is 7.37. The first kappa shape index (κ1) is 18.4. The van der Waals surface area contributed by atoms with Crippen LogP contribution in [0.2, 0.25) is 0 Å². The molecule has 5 nitrogen and oxygen atoms in total. The Bertz CT molecular complexity index is 773. The number of nitrogens with one attached hydrogen (secondary N) is 1. The molecule has 0 amide bonds. The number of carbonyl (C=O) groups excluding carboxylic acids is 1. The van der Waals surface area contributed by atoms with Gasteiger partial charge < -0.3 is 4.74 Å². The predicted octanol–water partition coefficient (Wildman–Crippen LogP) is 3.59. The van der Waals surface area contributed by atoms with Crippen LogP contribution in [0, 0.1) is 13.8 Å². The molecule has 1 atom stereocenters. The Labute approximate surface area is 155 Å². The van der Waals surface area contributed by atoms with Crippen LogP contribution in [0.1, 0.15) is 47.0 Å². The van der Waals surface area contributed by atoms with Gasteiger partial charge in [-0.05, 0) is 56.3 Å². The third-order valence-corrected chi connectivity index (χ3v) is 5.37. The van der Waals surface area contributed by atoms with Gasteiger partial charge in [0.15, 0.2) is 0 Å². The van der Waals surface area contributed by atoms with Gasteiger partial charge in [0.25, 0.3) is 0 Å². The van der Waals surface area contributed by atoms with Gasteiger partial charge >= 0.3 is 5.97 Å². The normalized spacial score (nSPS) is 17.4. The van der Waals surface area contributed by atoms with E-state index in [0.717, 1.165) is 30.8 Å². The van der Waals surface area contributed by atoms with E-state index in [-0.39, 0.29) is 5.97 Å². The van der Waals surface area contributed by atoms with Crippen molar-refractivity contribution < 1.29 is 9.53 Å². The van der Waals surface area contributed by atoms with Crippen molar-refractivity contribution in [3.8, 4) is 0 Å². The largest absolute Gasteiger partial charge is 0.465 e. The maximum atomic E-state index is 11.6. The molecule has 0 bridgehead atoms. The van der Waals surface area contributed by atoms with Gasteiger partial charge in [0, 0.05) is 18.3 Å². The fourth-order valence-corrected chi connectivity index (χ4v) is 3.82. The number of ether oxygens (including phenoxy) is 1. The highest BCUT2D eigenvalue weighted by Gasteiger charge is 2.26. The van der Waals surface area contributed by atoms with Crippen molar-refractivity contribution in [1.29, 1.82) is 0 Å². The lowest BCUT2D eigenvalue weighted by Gasteiger charge is -2.25. The van der Waals surface area contributed by atoms with Crippen molar-refractivity contribution in [1.82, 2.24) is 15.1 Å². The molecule has 0 aliphatic carbocycles. The van der Waals surface area contributed by atoms with E-state index in [1.807, 2.05) is 12.1 Å². The summed E-state index contributed by atoms with van der Waals surface area (Å²) in [5.74, 6) is -0.383. The van der Waals surface area contributed by atoms with Crippen molar-refractivity contribution in [2.75, 3.05) is 20.2 Å². The molecular weight excluding hydrogens is 326 g/mol. The monoisotopic (exact) mass is 353 g/mol. The number of nitrogens with zero attached hydrogens (tertiary/aromatic N) is 2. The Morgan fingerprint density at radius 1 is 1.35 bits per heavy atom. The summed E-state index contributed by atoms with van der Waals surface area (Å²) in [7, 11) is 1.38. The number of H-pyrrole nitrogens is 1. The molecule has 1 aliphatic rings. The lowest BCUT2D eigenvalue weighted by Crippen LogP contribution is -2.26. The third-order valence-electron chi connectivity index (χ3n) is 5.37. The Morgan fingerprint density at radius 3 is 2.69 bits per heavy atom. The van der Waals surface area contributed by atoms with Gasteiger partial charge in [-0.25, -0.2) is 4.79 Å². The lowest BCUT2D eigenvalue weighted by atomic mass is 10.00. The van der Waals surface area contributed by atoms with Crippen LogP contribution in [0.5, 0.6) is 0 Å². The SMILES string of the molecule is C=C(C(=O)OC)c1ccc([C@@H]2CCCN2CCc2c(C)n[nH]c2C)cc1. The van der Waals surface area contributed by atoms with E-state index in [1.54, 1.807) is 0 Å². The van der Waals surface area contributed by atoms with Crippen LogP contribution in [0.4, 0.5) is 0 Å². The van der Waals surface area contributed by atoms with E-state index < -0.39 is 0 Å². The number of aryl methyl sites for hydroxylation is 2. The van der Waals surface area contributed by atoms with E-state index in [0.29, 0.717) is 11.6 Å². The molecule has 2 heterocycles. The molecule has 138 valence electrons. The summed E-state index contributed by atoms with van der Waals surface area (Å²) in [6.07, 6.45) is 3.40. The van der Waals surface area contributed by atoms with Gasteiger partial charge in [0.1, 0.15) is 0 Å². The number of benzene rings is 1. The molecule has 3 rings (SSSR count). The van der Waals surface area contributed by atoms with E-state index in [1.165, 1.54) is 36.8 Å². The quantitative estimate of drug-likeness (QED) is 0.637. The second-order valence-electron chi connectivity index (χ2n) is 6.95.